The third-order valence-electron chi connectivity index (χ3n) is 1.87. The van der Waals surface area contributed by atoms with Gasteiger partial charge in [0.05, 0.1) is 5.56 Å². The van der Waals surface area contributed by atoms with Crippen LogP contribution in [-0.4, -0.2) is 5.78 Å². The number of alkyl halides is 3. The van der Waals surface area contributed by atoms with Crippen molar-refractivity contribution < 1.29 is 22.4 Å². The van der Waals surface area contributed by atoms with Crippen molar-refractivity contribution in [2.24, 2.45) is 0 Å². The van der Waals surface area contributed by atoms with Crippen LogP contribution in [0.15, 0.2) is 30.1 Å². The van der Waals surface area contributed by atoms with E-state index in [-0.39, 0.29) is 5.56 Å². The molecule has 0 saturated carbocycles. The molecule has 0 N–H and O–H groups in total. The Labute approximate surface area is 89.4 Å². The molecule has 0 atom stereocenters. The van der Waals surface area contributed by atoms with Gasteiger partial charge in [0, 0.05) is 6.92 Å². The first-order valence-electron chi connectivity index (χ1n) is 4.36. The minimum atomic E-state index is -4.42. The van der Waals surface area contributed by atoms with Crippen LogP contribution in [0.25, 0.3) is 6.08 Å². The number of rotatable bonds is 2. The van der Waals surface area contributed by atoms with Crippen molar-refractivity contribution >= 4 is 11.9 Å². The van der Waals surface area contributed by atoms with E-state index in [0.29, 0.717) is 0 Å². The second kappa shape index (κ2) is 4.47. The highest BCUT2D eigenvalue weighted by molar-refractivity contribution is 5.95. The fourth-order valence-electron chi connectivity index (χ4n) is 1.02. The third-order valence-corrected chi connectivity index (χ3v) is 1.87. The van der Waals surface area contributed by atoms with Crippen molar-refractivity contribution in [2.75, 3.05) is 0 Å². The van der Waals surface area contributed by atoms with Crippen molar-refractivity contribution in [2.45, 2.75) is 13.1 Å². The molecule has 0 saturated heterocycles. The Balaban J connectivity index is 2.97. The van der Waals surface area contributed by atoms with E-state index in [4.69, 9.17) is 0 Å². The second-order valence-electron chi connectivity index (χ2n) is 3.17. The molecule has 0 amide bonds. The van der Waals surface area contributed by atoms with E-state index in [2.05, 4.69) is 0 Å². The molecular weight excluding hydrogens is 224 g/mol. The maximum atomic E-state index is 12.8. The van der Waals surface area contributed by atoms with Crippen molar-refractivity contribution in [3.05, 3.63) is 41.2 Å². The van der Waals surface area contributed by atoms with Crippen LogP contribution < -0.4 is 0 Å². The Morgan fingerprint density at radius 3 is 2.06 bits per heavy atom. The molecule has 0 bridgehead atoms. The van der Waals surface area contributed by atoms with E-state index in [9.17, 15) is 22.4 Å². The van der Waals surface area contributed by atoms with E-state index >= 15 is 0 Å². The Morgan fingerprint density at radius 2 is 1.69 bits per heavy atom. The molecule has 1 rings (SSSR count). The maximum Gasteiger partial charge on any atom is 0.416 e. The normalized spacial score (nSPS) is 12.7. The molecule has 5 heteroatoms. The fraction of sp³-hybridized carbons (Fsp3) is 0.182. The quantitative estimate of drug-likeness (QED) is 0.562. The van der Waals surface area contributed by atoms with Crippen molar-refractivity contribution in [1.29, 1.82) is 0 Å². The van der Waals surface area contributed by atoms with E-state index in [0.717, 1.165) is 37.3 Å². The molecule has 0 unspecified atom stereocenters. The number of halogens is 4. The van der Waals surface area contributed by atoms with Gasteiger partial charge >= 0.3 is 6.18 Å². The molecule has 0 aliphatic rings. The summed E-state index contributed by atoms with van der Waals surface area (Å²) in [6.45, 7) is 1.04. The highest BCUT2D eigenvalue weighted by atomic mass is 19.4. The number of Topliss-reactive ketones (excluding diaryl/α,β-unsaturated/α-hetero) is 1. The smallest absolute Gasteiger partial charge is 0.292 e. The minimum Gasteiger partial charge on any atom is -0.292 e. The molecule has 0 aliphatic carbocycles. The molecule has 16 heavy (non-hydrogen) atoms. The molecule has 1 aromatic carbocycles. The molecule has 0 heterocycles. The zero-order valence-corrected chi connectivity index (χ0v) is 8.31. The van der Waals surface area contributed by atoms with Crippen LogP contribution in [0, 0.1) is 0 Å². The minimum absolute atomic E-state index is 0.209. The van der Waals surface area contributed by atoms with Gasteiger partial charge in [-0.1, -0.05) is 12.1 Å². The Bertz CT molecular complexity index is 415. The van der Waals surface area contributed by atoms with Gasteiger partial charge < -0.3 is 0 Å². The predicted octanol–water partition coefficient (Wildman–Crippen LogP) is 3.60. The summed E-state index contributed by atoms with van der Waals surface area (Å²) in [4.78, 5) is 10.6. The summed E-state index contributed by atoms with van der Waals surface area (Å²) in [5.41, 5.74) is -0.603. The SMILES string of the molecule is CC(=O)/C(F)=C\c1ccc(C(F)(F)F)cc1. The zero-order chi connectivity index (χ0) is 12.3. The van der Waals surface area contributed by atoms with Crippen LogP contribution in [0.2, 0.25) is 0 Å². The summed E-state index contributed by atoms with van der Waals surface area (Å²) in [7, 11) is 0. The van der Waals surface area contributed by atoms with Crippen LogP contribution in [0.4, 0.5) is 17.6 Å². The van der Waals surface area contributed by atoms with E-state index in [1.165, 1.54) is 0 Å². The number of carbonyl (C=O) groups is 1. The van der Waals surface area contributed by atoms with E-state index < -0.39 is 23.3 Å². The lowest BCUT2D eigenvalue weighted by atomic mass is 10.1. The Morgan fingerprint density at radius 1 is 1.19 bits per heavy atom. The number of hydrogen-bond donors (Lipinski definition) is 0. The molecule has 0 fully saturated rings. The lowest BCUT2D eigenvalue weighted by Crippen LogP contribution is -2.04. The third kappa shape index (κ3) is 3.18. The van der Waals surface area contributed by atoms with Crippen LogP contribution in [0.5, 0.6) is 0 Å². The van der Waals surface area contributed by atoms with Crippen molar-refractivity contribution in [3.63, 3.8) is 0 Å². The van der Waals surface area contributed by atoms with Crippen molar-refractivity contribution in [1.82, 2.24) is 0 Å². The standard InChI is InChI=1S/C11H8F4O/c1-7(16)10(12)6-8-2-4-9(5-3-8)11(13,14)15/h2-6H,1H3/b10-6+. The second-order valence-corrected chi connectivity index (χ2v) is 3.17. The van der Waals surface area contributed by atoms with Gasteiger partial charge in [-0.05, 0) is 23.8 Å². The first kappa shape index (κ1) is 12.4. The number of benzene rings is 1. The zero-order valence-electron chi connectivity index (χ0n) is 8.31. The van der Waals surface area contributed by atoms with Gasteiger partial charge in [-0.25, -0.2) is 4.39 Å². The average Bonchev–Trinajstić information content (AvgIpc) is 2.17. The molecule has 1 aromatic rings. The Hall–Kier alpha value is -1.65. The van der Waals surface area contributed by atoms with Crippen LogP contribution >= 0.6 is 0 Å². The molecule has 1 nitrogen and oxygen atoms in total. The first-order chi connectivity index (χ1) is 7.30. The van der Waals surface area contributed by atoms with Gasteiger partial charge in [0.2, 0.25) is 0 Å². The highest BCUT2D eigenvalue weighted by Crippen LogP contribution is 2.29. The predicted molar refractivity (Wildman–Crippen MR) is 51.2 cm³/mol. The van der Waals surface area contributed by atoms with Crippen LogP contribution in [-0.2, 0) is 11.0 Å². The summed E-state index contributed by atoms with van der Waals surface area (Å²) >= 11 is 0. The average molecular weight is 232 g/mol. The molecule has 0 radical (unpaired) electrons. The molecule has 0 spiro atoms. The lowest BCUT2D eigenvalue weighted by molar-refractivity contribution is -0.137. The first-order valence-corrected chi connectivity index (χ1v) is 4.36. The monoisotopic (exact) mass is 232 g/mol. The maximum absolute atomic E-state index is 12.8. The molecule has 0 aromatic heterocycles. The largest absolute Gasteiger partial charge is 0.416 e. The molecular formula is C11H8F4O. The van der Waals surface area contributed by atoms with Crippen LogP contribution in [0.1, 0.15) is 18.1 Å². The lowest BCUT2D eigenvalue weighted by Gasteiger charge is -2.05. The summed E-state index contributed by atoms with van der Waals surface area (Å²) in [6.07, 6.45) is -3.52. The summed E-state index contributed by atoms with van der Waals surface area (Å²) in [6, 6.07) is 3.87. The van der Waals surface area contributed by atoms with Gasteiger partial charge in [0.25, 0.3) is 0 Å². The summed E-state index contributed by atoms with van der Waals surface area (Å²) in [5, 5.41) is 0. The van der Waals surface area contributed by atoms with Gasteiger partial charge in [0.15, 0.2) is 11.6 Å². The number of allylic oxidation sites excluding steroid dienone is 1. The van der Waals surface area contributed by atoms with Gasteiger partial charge in [-0.15, -0.1) is 0 Å². The summed E-state index contributed by atoms with van der Waals surface area (Å²) < 4.78 is 49.3. The van der Waals surface area contributed by atoms with Gasteiger partial charge in [-0.3, -0.25) is 4.79 Å². The molecule has 0 aliphatic heterocycles. The fourth-order valence-corrected chi connectivity index (χ4v) is 1.02. The summed E-state index contributed by atoms with van der Waals surface area (Å²) in [5.74, 6) is -1.75. The van der Waals surface area contributed by atoms with E-state index in [1.54, 1.807) is 0 Å². The van der Waals surface area contributed by atoms with Crippen LogP contribution in [0.3, 0.4) is 0 Å². The topological polar surface area (TPSA) is 17.1 Å². The van der Waals surface area contributed by atoms with Crippen molar-refractivity contribution in [3.8, 4) is 0 Å². The number of ketones is 1. The van der Waals surface area contributed by atoms with Gasteiger partial charge in [-0.2, -0.15) is 13.2 Å². The number of hydrogen-bond acceptors (Lipinski definition) is 1. The highest BCUT2D eigenvalue weighted by Gasteiger charge is 2.29. The Kier molecular flexibility index (Phi) is 3.47. The number of carbonyl (C=O) groups excluding carboxylic acids is 1. The van der Waals surface area contributed by atoms with Gasteiger partial charge in [0.1, 0.15) is 0 Å². The van der Waals surface area contributed by atoms with E-state index in [1.807, 2.05) is 0 Å². The molecule has 86 valence electrons.